The molecule has 0 aromatic carbocycles. The first kappa shape index (κ1) is 7.65. The highest BCUT2D eigenvalue weighted by molar-refractivity contribution is 5.84. The molecule has 0 bridgehead atoms. The van der Waals surface area contributed by atoms with Gasteiger partial charge in [-0.1, -0.05) is 0 Å². The third kappa shape index (κ3) is 1.34. The molecule has 0 spiro atoms. The minimum Gasteiger partial charge on any atom is -0.388 e. The van der Waals surface area contributed by atoms with E-state index in [9.17, 15) is 4.79 Å². The molecule has 1 atom stereocenters. The van der Waals surface area contributed by atoms with Crippen molar-refractivity contribution in [3.8, 4) is 0 Å². The number of hydrogen-bond acceptors (Lipinski definition) is 4. The molecule has 1 heterocycles. The van der Waals surface area contributed by atoms with Crippen LogP contribution in [0.3, 0.4) is 0 Å². The number of aliphatic hydroxyl groups is 1. The molecule has 1 saturated heterocycles. The van der Waals surface area contributed by atoms with Gasteiger partial charge < -0.3 is 5.11 Å². The molecule has 1 unspecified atom stereocenters. The van der Waals surface area contributed by atoms with Gasteiger partial charge in [-0.25, -0.2) is 0 Å². The normalized spacial score (nSPS) is 27.2. The van der Waals surface area contributed by atoms with Crippen molar-refractivity contribution in [3.05, 3.63) is 0 Å². The zero-order chi connectivity index (χ0) is 7.56. The average molecular weight is 144 g/mol. The van der Waals surface area contributed by atoms with Gasteiger partial charge in [0.15, 0.2) is 5.78 Å². The summed E-state index contributed by atoms with van der Waals surface area (Å²) in [6.07, 6.45) is -0.259. The van der Waals surface area contributed by atoms with Gasteiger partial charge in [0.1, 0.15) is 12.8 Å². The summed E-state index contributed by atoms with van der Waals surface area (Å²) < 4.78 is 0. The van der Waals surface area contributed by atoms with Crippen LogP contribution in [-0.2, 0) is 4.79 Å². The molecule has 1 fully saturated rings. The summed E-state index contributed by atoms with van der Waals surface area (Å²) >= 11 is 0. The SMILES string of the molecule is CN1CCNC1C(=O)CO. The average Bonchev–Trinajstić information content (AvgIpc) is 2.34. The second-order valence-corrected chi connectivity index (χ2v) is 2.46. The van der Waals surface area contributed by atoms with Gasteiger partial charge in [-0.2, -0.15) is 0 Å². The van der Waals surface area contributed by atoms with Crippen molar-refractivity contribution in [3.63, 3.8) is 0 Å². The molecule has 4 nitrogen and oxygen atoms in total. The van der Waals surface area contributed by atoms with E-state index in [1.165, 1.54) is 0 Å². The zero-order valence-electron chi connectivity index (χ0n) is 6.00. The standard InChI is InChI=1S/C6H12N2O2/c1-8-3-2-7-6(8)5(10)4-9/h6-7,9H,2-4H2,1H3. The van der Waals surface area contributed by atoms with Crippen LogP contribution in [0.5, 0.6) is 0 Å². The van der Waals surface area contributed by atoms with Crippen LogP contribution >= 0.6 is 0 Å². The van der Waals surface area contributed by atoms with Crippen LogP contribution < -0.4 is 5.32 Å². The Morgan fingerprint density at radius 2 is 2.60 bits per heavy atom. The van der Waals surface area contributed by atoms with E-state index >= 15 is 0 Å². The van der Waals surface area contributed by atoms with Gasteiger partial charge in [0.25, 0.3) is 0 Å². The number of likely N-dealkylation sites (N-methyl/N-ethyl adjacent to an activating group) is 1. The van der Waals surface area contributed by atoms with E-state index < -0.39 is 0 Å². The first-order chi connectivity index (χ1) is 4.75. The number of hydrogen-bond donors (Lipinski definition) is 2. The fraction of sp³-hybridized carbons (Fsp3) is 0.833. The third-order valence-electron chi connectivity index (χ3n) is 1.70. The predicted molar refractivity (Wildman–Crippen MR) is 36.5 cm³/mol. The van der Waals surface area contributed by atoms with Crippen molar-refractivity contribution in [2.45, 2.75) is 6.17 Å². The third-order valence-corrected chi connectivity index (χ3v) is 1.70. The summed E-state index contributed by atoms with van der Waals surface area (Å²) in [5, 5.41) is 11.5. The second-order valence-electron chi connectivity index (χ2n) is 2.46. The molecule has 0 saturated carbocycles. The molecule has 0 aromatic heterocycles. The Balaban J connectivity index is 2.46. The van der Waals surface area contributed by atoms with Crippen molar-refractivity contribution in [2.24, 2.45) is 0 Å². The fourth-order valence-electron chi connectivity index (χ4n) is 1.11. The topological polar surface area (TPSA) is 52.6 Å². The Hall–Kier alpha value is -0.450. The smallest absolute Gasteiger partial charge is 0.189 e. The number of ketones is 1. The summed E-state index contributed by atoms with van der Waals surface area (Å²) in [6, 6.07) is 0. The number of carbonyl (C=O) groups excluding carboxylic acids is 1. The molecule has 0 aliphatic carbocycles. The lowest BCUT2D eigenvalue weighted by Gasteiger charge is -2.15. The van der Waals surface area contributed by atoms with Crippen molar-refractivity contribution in [2.75, 3.05) is 26.7 Å². The van der Waals surface area contributed by atoms with Crippen LogP contribution in [-0.4, -0.2) is 48.7 Å². The van der Waals surface area contributed by atoms with Gasteiger partial charge in [0.2, 0.25) is 0 Å². The highest BCUT2D eigenvalue weighted by Crippen LogP contribution is 1.99. The number of aliphatic hydroxyl groups excluding tert-OH is 1. The van der Waals surface area contributed by atoms with E-state index in [4.69, 9.17) is 5.11 Å². The number of carbonyl (C=O) groups is 1. The van der Waals surface area contributed by atoms with E-state index in [0.717, 1.165) is 13.1 Å². The molecule has 1 aliphatic rings. The van der Waals surface area contributed by atoms with Crippen molar-refractivity contribution >= 4 is 5.78 Å². The Bertz CT molecular complexity index is 138. The Kier molecular flexibility index (Phi) is 2.37. The molecule has 0 aromatic rings. The van der Waals surface area contributed by atoms with E-state index in [2.05, 4.69) is 5.32 Å². The van der Waals surface area contributed by atoms with Crippen LogP contribution in [0, 0.1) is 0 Å². The van der Waals surface area contributed by atoms with Gasteiger partial charge in [-0.3, -0.25) is 15.0 Å². The van der Waals surface area contributed by atoms with Gasteiger partial charge >= 0.3 is 0 Å². The molecule has 0 radical (unpaired) electrons. The first-order valence-electron chi connectivity index (χ1n) is 3.33. The van der Waals surface area contributed by atoms with E-state index in [1.807, 2.05) is 11.9 Å². The largest absolute Gasteiger partial charge is 0.388 e. The predicted octanol–water partition coefficient (Wildman–Crippen LogP) is -1.59. The second kappa shape index (κ2) is 3.09. The highest BCUT2D eigenvalue weighted by Gasteiger charge is 2.25. The molecule has 10 heavy (non-hydrogen) atoms. The van der Waals surface area contributed by atoms with Gasteiger partial charge in [-0.15, -0.1) is 0 Å². The van der Waals surface area contributed by atoms with Crippen molar-refractivity contribution in [1.29, 1.82) is 0 Å². The van der Waals surface area contributed by atoms with Gasteiger partial charge in [-0.05, 0) is 7.05 Å². The van der Waals surface area contributed by atoms with Gasteiger partial charge in [0, 0.05) is 13.1 Å². The molecular formula is C6H12N2O2. The minimum absolute atomic E-state index is 0.153. The monoisotopic (exact) mass is 144 g/mol. The van der Waals surface area contributed by atoms with Crippen LogP contribution in [0.1, 0.15) is 0 Å². The summed E-state index contributed by atoms with van der Waals surface area (Å²) in [5.41, 5.74) is 0. The highest BCUT2D eigenvalue weighted by atomic mass is 16.3. The van der Waals surface area contributed by atoms with Gasteiger partial charge in [0.05, 0.1) is 0 Å². The molecular weight excluding hydrogens is 132 g/mol. The van der Waals surface area contributed by atoms with Crippen molar-refractivity contribution in [1.82, 2.24) is 10.2 Å². The summed E-state index contributed by atoms with van der Waals surface area (Å²) in [4.78, 5) is 12.8. The Morgan fingerprint density at radius 1 is 1.90 bits per heavy atom. The summed E-state index contributed by atoms with van der Waals surface area (Å²) in [5.74, 6) is -0.153. The molecule has 1 aliphatic heterocycles. The van der Waals surface area contributed by atoms with E-state index in [-0.39, 0.29) is 18.6 Å². The molecule has 4 heteroatoms. The zero-order valence-corrected chi connectivity index (χ0v) is 6.00. The minimum atomic E-state index is -0.373. The lowest BCUT2D eigenvalue weighted by Crippen LogP contribution is -2.42. The van der Waals surface area contributed by atoms with Crippen LogP contribution in [0.15, 0.2) is 0 Å². The maximum absolute atomic E-state index is 10.9. The van der Waals surface area contributed by atoms with Crippen molar-refractivity contribution < 1.29 is 9.90 Å². The van der Waals surface area contributed by atoms with Crippen LogP contribution in [0.4, 0.5) is 0 Å². The lowest BCUT2D eigenvalue weighted by molar-refractivity contribution is -0.126. The van der Waals surface area contributed by atoms with Crippen LogP contribution in [0.2, 0.25) is 0 Å². The lowest BCUT2D eigenvalue weighted by atomic mass is 10.3. The Morgan fingerprint density at radius 3 is 3.00 bits per heavy atom. The number of rotatable bonds is 2. The Labute approximate surface area is 59.8 Å². The van der Waals surface area contributed by atoms with E-state index in [0.29, 0.717) is 0 Å². The quantitative estimate of drug-likeness (QED) is 0.490. The number of Topliss-reactive ketones (excluding diaryl/α,β-unsaturated/α-hetero) is 1. The van der Waals surface area contributed by atoms with Crippen LogP contribution in [0.25, 0.3) is 0 Å². The fourth-order valence-corrected chi connectivity index (χ4v) is 1.11. The maximum atomic E-state index is 10.9. The molecule has 0 amide bonds. The maximum Gasteiger partial charge on any atom is 0.189 e. The molecule has 2 N–H and O–H groups in total. The first-order valence-corrected chi connectivity index (χ1v) is 3.33. The summed E-state index contributed by atoms with van der Waals surface area (Å²) in [7, 11) is 1.86. The number of nitrogens with one attached hydrogen (secondary N) is 1. The summed E-state index contributed by atoms with van der Waals surface area (Å²) in [6.45, 7) is 1.32. The van der Waals surface area contributed by atoms with E-state index in [1.54, 1.807) is 0 Å². The molecule has 58 valence electrons. The number of nitrogens with zero attached hydrogens (tertiary/aromatic N) is 1. The molecule has 1 rings (SSSR count).